The minimum absolute atomic E-state index is 0. The van der Waals surface area contributed by atoms with Crippen LogP contribution in [0, 0.1) is 11.8 Å². The maximum atomic E-state index is 11.0. The molecule has 0 aliphatic carbocycles. The van der Waals surface area contributed by atoms with Crippen LogP contribution in [0.5, 0.6) is 0 Å². The maximum Gasteiger partial charge on any atom is 2.00 e. The summed E-state index contributed by atoms with van der Waals surface area (Å²) in [5.74, 6) is -2.54. The first-order chi connectivity index (χ1) is 9.61. The molecule has 0 aromatic rings. The van der Waals surface area contributed by atoms with E-state index in [9.17, 15) is 9.59 Å². The summed E-state index contributed by atoms with van der Waals surface area (Å²) in [4.78, 5) is 22.1. The van der Waals surface area contributed by atoms with Gasteiger partial charge in [0.15, 0.2) is 0 Å². The second-order valence-electron chi connectivity index (χ2n) is 4.89. The molecule has 0 saturated carbocycles. The topological polar surface area (TPSA) is 123 Å². The minimum atomic E-state index is -0.816. The maximum absolute atomic E-state index is 11.0. The van der Waals surface area contributed by atoms with Gasteiger partial charge in [-0.05, 0) is 0 Å². The van der Waals surface area contributed by atoms with Gasteiger partial charge in [0.05, 0.1) is 11.8 Å². The van der Waals surface area contributed by atoms with Crippen LogP contribution in [0.4, 0.5) is 0 Å². The van der Waals surface area contributed by atoms with E-state index in [2.05, 4.69) is 21.3 Å². The Kier molecular flexibility index (Phi) is 20.2. The Morgan fingerprint density at radius 1 is 0.652 bits per heavy atom. The number of hydrogen-bond donors (Lipinski definition) is 6. The van der Waals surface area contributed by atoms with E-state index in [0.717, 1.165) is 0 Å². The number of nitrogens with one attached hydrogen (secondary N) is 4. The van der Waals surface area contributed by atoms with Crippen molar-refractivity contribution in [3.63, 3.8) is 0 Å². The minimum Gasteiger partial charge on any atom is -1.00 e. The Morgan fingerprint density at radius 2 is 0.870 bits per heavy atom. The van der Waals surface area contributed by atoms with E-state index in [4.69, 9.17) is 10.2 Å². The van der Waals surface area contributed by atoms with Gasteiger partial charge in [-0.3, -0.25) is 9.59 Å². The van der Waals surface area contributed by atoms with Gasteiger partial charge in [-0.15, -0.1) is 0 Å². The summed E-state index contributed by atoms with van der Waals surface area (Å²) in [7, 11) is 0. The van der Waals surface area contributed by atoms with Crippen molar-refractivity contribution in [1.29, 1.82) is 0 Å². The van der Waals surface area contributed by atoms with Crippen LogP contribution >= 0.6 is 0 Å². The van der Waals surface area contributed by atoms with Gasteiger partial charge in [-0.1, -0.05) is 0 Å². The molecule has 0 bridgehead atoms. The van der Waals surface area contributed by atoms with E-state index >= 15 is 0 Å². The zero-order valence-electron chi connectivity index (χ0n) is 12.6. The van der Waals surface area contributed by atoms with Crippen molar-refractivity contribution >= 4 is 11.9 Å². The summed E-state index contributed by atoms with van der Waals surface area (Å²) in [6.45, 7) is 4.07. The zero-order chi connectivity index (χ0) is 14.8. The summed E-state index contributed by atoms with van der Waals surface area (Å²) in [6.07, 6.45) is 0. The molecule has 0 aromatic carbocycles. The van der Waals surface area contributed by atoms with E-state index in [-0.39, 0.29) is 41.9 Å². The molecule has 1 rings (SSSR count). The van der Waals surface area contributed by atoms with E-state index in [1.807, 2.05) is 0 Å². The Balaban J connectivity index is -0.00000133. The summed E-state index contributed by atoms with van der Waals surface area (Å²) in [6, 6.07) is 0. The number of aliphatic carboxylic acids is 2. The summed E-state index contributed by atoms with van der Waals surface area (Å²) >= 11 is 0. The largest absolute Gasteiger partial charge is 2.00 e. The third kappa shape index (κ3) is 12.9. The van der Waals surface area contributed by atoms with Crippen LogP contribution in [0.15, 0.2) is 0 Å². The number of hydrogen-bond acceptors (Lipinski definition) is 6. The standard InChI is InChI=1S/C12H24N4O4.2ClH.Cu/c17-11(18)9-5-13-1-2-14-6-10(12(19)20)8-16-4-3-15-7-9;;;/h9-10,13-16H,1-8H2,(H,17,18)(H,19,20);2*1H;/q;;;+2/p-2. The molecule has 1 aliphatic rings. The second-order valence-corrected chi connectivity index (χ2v) is 4.89. The van der Waals surface area contributed by atoms with Crippen LogP contribution in [0.3, 0.4) is 0 Å². The monoisotopic (exact) mass is 421 g/mol. The molecule has 1 heterocycles. The average Bonchev–Trinajstić information content (AvgIpc) is 2.40. The molecule has 0 spiro atoms. The molecule has 0 aromatic heterocycles. The Labute approximate surface area is 159 Å². The molecule has 1 saturated heterocycles. The molecular weight excluding hydrogens is 399 g/mol. The number of carboxylic acid groups (broad SMARTS) is 2. The van der Waals surface area contributed by atoms with Crippen molar-refractivity contribution in [3.05, 3.63) is 0 Å². The van der Waals surface area contributed by atoms with Gasteiger partial charge in [0.2, 0.25) is 0 Å². The summed E-state index contributed by atoms with van der Waals surface area (Å²) in [5, 5.41) is 30.4. The van der Waals surface area contributed by atoms with Crippen LogP contribution < -0.4 is 46.1 Å². The SMILES string of the molecule is O=C(O)C1CNCCNCC(C(=O)O)CNCCNC1.[Cl-].[Cl-].[Cu+2]. The number of rotatable bonds is 2. The number of halogens is 2. The van der Waals surface area contributed by atoms with Crippen molar-refractivity contribution in [2.75, 3.05) is 52.4 Å². The summed E-state index contributed by atoms with van der Waals surface area (Å²) in [5.41, 5.74) is 0. The van der Waals surface area contributed by atoms with Gasteiger partial charge in [-0.2, -0.15) is 0 Å². The fourth-order valence-corrected chi connectivity index (χ4v) is 1.95. The third-order valence-corrected chi connectivity index (χ3v) is 3.22. The van der Waals surface area contributed by atoms with E-state index in [1.165, 1.54) is 0 Å². The van der Waals surface area contributed by atoms with E-state index < -0.39 is 23.8 Å². The quantitative estimate of drug-likeness (QED) is 0.243. The second kappa shape index (κ2) is 16.7. The van der Waals surface area contributed by atoms with Crippen molar-refractivity contribution in [2.45, 2.75) is 0 Å². The zero-order valence-corrected chi connectivity index (χ0v) is 15.0. The molecule has 0 atom stereocenters. The molecule has 1 aliphatic heterocycles. The van der Waals surface area contributed by atoms with Crippen LogP contribution in [0.2, 0.25) is 0 Å². The van der Waals surface area contributed by atoms with Gasteiger partial charge in [0.25, 0.3) is 0 Å². The van der Waals surface area contributed by atoms with Gasteiger partial charge in [0, 0.05) is 52.4 Å². The molecule has 11 heteroatoms. The average molecular weight is 423 g/mol. The van der Waals surface area contributed by atoms with Crippen LogP contribution in [0.25, 0.3) is 0 Å². The molecule has 0 unspecified atom stereocenters. The normalized spacial score (nSPS) is 23.8. The molecule has 0 amide bonds. The Hall–Kier alpha value is -0.121. The van der Waals surface area contributed by atoms with Gasteiger partial charge in [-0.25, -0.2) is 0 Å². The number of carbonyl (C=O) groups is 2. The first kappa shape index (κ1) is 27.7. The smallest absolute Gasteiger partial charge is 1.00 e. The summed E-state index contributed by atoms with van der Waals surface area (Å²) < 4.78 is 0. The first-order valence-electron chi connectivity index (χ1n) is 6.89. The van der Waals surface area contributed by atoms with Crippen molar-refractivity contribution < 1.29 is 61.7 Å². The van der Waals surface area contributed by atoms with Crippen LogP contribution in [-0.4, -0.2) is 74.5 Å². The first-order valence-corrected chi connectivity index (χ1v) is 6.89. The molecule has 1 fully saturated rings. The fourth-order valence-electron chi connectivity index (χ4n) is 1.95. The van der Waals surface area contributed by atoms with Crippen LogP contribution in [-0.2, 0) is 26.7 Å². The molecule has 141 valence electrons. The van der Waals surface area contributed by atoms with Crippen molar-refractivity contribution in [1.82, 2.24) is 21.3 Å². The predicted octanol–water partition coefficient (Wildman–Crippen LogP) is -8.23. The molecule has 1 radical (unpaired) electrons. The van der Waals surface area contributed by atoms with Gasteiger partial charge in [0.1, 0.15) is 0 Å². The van der Waals surface area contributed by atoms with Crippen molar-refractivity contribution in [2.24, 2.45) is 11.8 Å². The third-order valence-electron chi connectivity index (χ3n) is 3.22. The Morgan fingerprint density at radius 3 is 1.04 bits per heavy atom. The molecule has 6 N–H and O–H groups in total. The van der Waals surface area contributed by atoms with E-state index in [1.54, 1.807) is 0 Å². The Bertz CT molecular complexity index is 283. The fraction of sp³-hybridized carbons (Fsp3) is 0.833. The predicted molar refractivity (Wildman–Crippen MR) is 73.7 cm³/mol. The molecule has 8 nitrogen and oxygen atoms in total. The van der Waals surface area contributed by atoms with Crippen molar-refractivity contribution in [3.8, 4) is 0 Å². The van der Waals surface area contributed by atoms with E-state index in [0.29, 0.717) is 52.4 Å². The number of carboxylic acids is 2. The molecular formula is C12H24Cl2CuN4O4. The van der Waals surface area contributed by atoms with Gasteiger partial charge < -0.3 is 56.3 Å². The van der Waals surface area contributed by atoms with Crippen LogP contribution in [0.1, 0.15) is 0 Å². The molecule has 23 heavy (non-hydrogen) atoms. The van der Waals surface area contributed by atoms with Gasteiger partial charge >= 0.3 is 29.0 Å².